The van der Waals surface area contributed by atoms with Crippen molar-refractivity contribution in [3.8, 4) is 6.07 Å². The zero-order valence-corrected chi connectivity index (χ0v) is 14.7. The van der Waals surface area contributed by atoms with Gasteiger partial charge in [0.15, 0.2) is 0 Å². The summed E-state index contributed by atoms with van der Waals surface area (Å²) < 4.78 is 5.07. The maximum atomic E-state index is 12.1. The average molecular weight is 362 g/mol. The molecule has 0 aliphatic heterocycles. The molecule has 0 aliphatic rings. The van der Waals surface area contributed by atoms with Crippen LogP contribution in [0, 0.1) is 11.3 Å². The van der Waals surface area contributed by atoms with Crippen LogP contribution in [-0.2, 0) is 9.53 Å². The minimum absolute atomic E-state index is 0.0810. The van der Waals surface area contributed by atoms with Crippen LogP contribution < -0.4 is 0 Å². The summed E-state index contributed by atoms with van der Waals surface area (Å²) in [6, 6.07) is 16.8. The molecule has 0 saturated carbocycles. The van der Waals surface area contributed by atoms with Gasteiger partial charge in [-0.25, -0.2) is 0 Å². The molecular weight excluding hydrogens is 345 g/mol. The highest BCUT2D eigenvalue weighted by Crippen LogP contribution is 2.37. The molecule has 0 spiro atoms. The maximum absolute atomic E-state index is 12.1. The lowest BCUT2D eigenvalue weighted by molar-refractivity contribution is -0.143. The monoisotopic (exact) mass is 361 g/mol. The SMILES string of the molecule is CCOC(=O)CC(c1cc(Cl)cc(Cl)c1)C(C#N)c1ccccc1. The standard InChI is InChI=1S/C19H17Cl2NO2/c1-2-24-19(23)11-17(14-8-15(20)10-16(21)9-14)18(12-22)13-6-4-3-5-7-13/h3-10,17-18H,2,11H2,1H3. The number of hydrogen-bond acceptors (Lipinski definition) is 3. The van der Waals surface area contributed by atoms with Crippen molar-refractivity contribution in [1.29, 1.82) is 5.26 Å². The predicted molar refractivity (Wildman–Crippen MR) is 95.2 cm³/mol. The Morgan fingerprint density at radius 3 is 2.29 bits per heavy atom. The summed E-state index contributed by atoms with van der Waals surface area (Å²) in [5.74, 6) is -1.26. The number of nitrogens with zero attached hydrogens (tertiary/aromatic N) is 1. The largest absolute Gasteiger partial charge is 0.466 e. The summed E-state index contributed by atoms with van der Waals surface area (Å²) in [5.41, 5.74) is 1.58. The summed E-state index contributed by atoms with van der Waals surface area (Å²) in [7, 11) is 0. The van der Waals surface area contributed by atoms with Gasteiger partial charge in [0.2, 0.25) is 0 Å². The van der Waals surface area contributed by atoms with Crippen LogP contribution in [0.4, 0.5) is 0 Å². The lowest BCUT2D eigenvalue weighted by atomic mass is 9.80. The minimum Gasteiger partial charge on any atom is -0.466 e. The third-order valence-corrected chi connectivity index (χ3v) is 4.14. The average Bonchev–Trinajstić information content (AvgIpc) is 2.55. The topological polar surface area (TPSA) is 50.1 Å². The molecule has 5 heteroatoms. The van der Waals surface area contributed by atoms with Crippen molar-refractivity contribution in [3.63, 3.8) is 0 Å². The molecule has 2 rings (SSSR count). The van der Waals surface area contributed by atoms with Gasteiger partial charge < -0.3 is 4.74 Å². The quantitative estimate of drug-likeness (QED) is 0.652. The molecule has 2 aromatic carbocycles. The van der Waals surface area contributed by atoms with Gasteiger partial charge in [-0.3, -0.25) is 4.79 Å². The molecule has 0 fully saturated rings. The first-order valence-electron chi connectivity index (χ1n) is 7.61. The number of ether oxygens (including phenoxy) is 1. The van der Waals surface area contributed by atoms with E-state index >= 15 is 0 Å². The van der Waals surface area contributed by atoms with Crippen LogP contribution in [-0.4, -0.2) is 12.6 Å². The molecule has 0 heterocycles. The normalized spacial score (nSPS) is 12.9. The Bertz CT molecular complexity index is 721. The Labute approximate surface area is 151 Å². The third kappa shape index (κ3) is 4.74. The number of carbonyl (C=O) groups excluding carboxylic acids is 1. The highest BCUT2D eigenvalue weighted by Gasteiger charge is 2.28. The Morgan fingerprint density at radius 2 is 1.75 bits per heavy atom. The highest BCUT2D eigenvalue weighted by atomic mass is 35.5. The molecule has 0 amide bonds. The molecule has 24 heavy (non-hydrogen) atoms. The highest BCUT2D eigenvalue weighted by molar-refractivity contribution is 6.34. The number of halogens is 2. The summed E-state index contributed by atoms with van der Waals surface area (Å²) >= 11 is 12.2. The lowest BCUT2D eigenvalue weighted by Crippen LogP contribution is -2.16. The van der Waals surface area contributed by atoms with Gasteiger partial charge in [-0.1, -0.05) is 53.5 Å². The van der Waals surface area contributed by atoms with Gasteiger partial charge >= 0.3 is 5.97 Å². The second-order valence-corrected chi connectivity index (χ2v) is 6.21. The van der Waals surface area contributed by atoms with E-state index in [1.807, 2.05) is 30.3 Å². The fraction of sp³-hybridized carbons (Fsp3) is 0.263. The van der Waals surface area contributed by atoms with Crippen LogP contribution in [0.5, 0.6) is 0 Å². The van der Waals surface area contributed by atoms with Gasteiger partial charge in [-0.15, -0.1) is 0 Å². The number of benzene rings is 2. The molecule has 3 nitrogen and oxygen atoms in total. The fourth-order valence-corrected chi connectivity index (χ4v) is 3.22. The van der Waals surface area contributed by atoms with Crippen LogP contribution in [0.3, 0.4) is 0 Å². The van der Waals surface area contributed by atoms with E-state index in [0.29, 0.717) is 16.7 Å². The van der Waals surface area contributed by atoms with E-state index in [-0.39, 0.29) is 12.4 Å². The molecule has 0 saturated heterocycles. The molecular formula is C19H17Cl2NO2. The number of esters is 1. The Hall–Kier alpha value is -2.02. The van der Waals surface area contributed by atoms with Gasteiger partial charge in [-0.2, -0.15) is 5.26 Å². The van der Waals surface area contributed by atoms with Crippen molar-refractivity contribution >= 4 is 29.2 Å². The first-order chi connectivity index (χ1) is 11.5. The molecule has 2 unspecified atom stereocenters. The van der Waals surface area contributed by atoms with Gasteiger partial charge in [0.25, 0.3) is 0 Å². The van der Waals surface area contributed by atoms with E-state index in [0.717, 1.165) is 11.1 Å². The number of rotatable bonds is 6. The molecule has 0 aliphatic carbocycles. The van der Waals surface area contributed by atoms with Crippen LogP contribution in [0.15, 0.2) is 48.5 Å². The second kappa shape index (κ2) is 8.73. The van der Waals surface area contributed by atoms with E-state index in [4.69, 9.17) is 27.9 Å². The van der Waals surface area contributed by atoms with Crippen molar-refractivity contribution in [2.75, 3.05) is 6.61 Å². The summed E-state index contributed by atoms with van der Waals surface area (Å²) in [5, 5.41) is 10.7. The molecule has 0 aromatic heterocycles. The Balaban J connectivity index is 2.45. The van der Waals surface area contributed by atoms with Crippen LogP contribution in [0.1, 0.15) is 36.3 Å². The molecule has 0 radical (unpaired) electrons. The molecule has 2 atom stereocenters. The van der Waals surface area contributed by atoms with E-state index in [1.54, 1.807) is 25.1 Å². The van der Waals surface area contributed by atoms with E-state index in [1.165, 1.54) is 0 Å². The summed E-state index contributed by atoms with van der Waals surface area (Å²) in [6.45, 7) is 2.05. The number of carbonyl (C=O) groups is 1. The first-order valence-corrected chi connectivity index (χ1v) is 8.37. The lowest BCUT2D eigenvalue weighted by Gasteiger charge is -2.22. The molecule has 124 valence electrons. The van der Waals surface area contributed by atoms with Gasteiger partial charge in [-0.05, 0) is 36.2 Å². The summed E-state index contributed by atoms with van der Waals surface area (Å²) in [4.78, 5) is 12.1. The van der Waals surface area contributed by atoms with Crippen LogP contribution in [0.25, 0.3) is 0 Å². The first kappa shape index (κ1) is 18.3. The third-order valence-electron chi connectivity index (χ3n) is 3.71. The Morgan fingerprint density at radius 1 is 1.12 bits per heavy atom. The molecule has 0 bridgehead atoms. The minimum atomic E-state index is -0.509. The van der Waals surface area contributed by atoms with E-state index in [9.17, 15) is 10.1 Å². The van der Waals surface area contributed by atoms with Gasteiger partial charge in [0.1, 0.15) is 0 Å². The number of nitriles is 1. The van der Waals surface area contributed by atoms with Crippen molar-refractivity contribution in [2.24, 2.45) is 0 Å². The van der Waals surface area contributed by atoms with Crippen molar-refractivity contribution in [3.05, 3.63) is 69.7 Å². The zero-order chi connectivity index (χ0) is 17.5. The van der Waals surface area contributed by atoms with Crippen molar-refractivity contribution in [2.45, 2.75) is 25.2 Å². The maximum Gasteiger partial charge on any atom is 0.306 e. The van der Waals surface area contributed by atoms with Crippen molar-refractivity contribution in [1.82, 2.24) is 0 Å². The van der Waals surface area contributed by atoms with E-state index < -0.39 is 11.8 Å². The van der Waals surface area contributed by atoms with Crippen LogP contribution >= 0.6 is 23.2 Å². The smallest absolute Gasteiger partial charge is 0.306 e. The van der Waals surface area contributed by atoms with Gasteiger partial charge in [0, 0.05) is 16.0 Å². The van der Waals surface area contributed by atoms with E-state index in [2.05, 4.69) is 6.07 Å². The van der Waals surface area contributed by atoms with Crippen molar-refractivity contribution < 1.29 is 9.53 Å². The van der Waals surface area contributed by atoms with Gasteiger partial charge in [0.05, 0.1) is 25.0 Å². The second-order valence-electron chi connectivity index (χ2n) is 5.34. The Kier molecular flexibility index (Phi) is 6.66. The fourth-order valence-electron chi connectivity index (χ4n) is 2.67. The zero-order valence-electron chi connectivity index (χ0n) is 13.2. The summed E-state index contributed by atoms with van der Waals surface area (Å²) in [6.07, 6.45) is 0.0810. The number of hydrogen-bond donors (Lipinski definition) is 0. The predicted octanol–water partition coefficient (Wildman–Crippen LogP) is 5.34. The molecule has 2 aromatic rings. The molecule has 0 N–H and O–H groups in total. The van der Waals surface area contributed by atoms with Crippen LogP contribution in [0.2, 0.25) is 10.0 Å².